The first-order chi connectivity index (χ1) is 9.70. The van der Waals surface area contributed by atoms with Gasteiger partial charge < -0.3 is 10.2 Å². The molecular weight excluding hydrogens is 255 g/mol. The Kier molecular flexibility index (Phi) is 3.14. The van der Waals surface area contributed by atoms with E-state index < -0.39 is 0 Å². The fraction of sp³-hybridized carbons (Fsp3) is 0.188. The molecule has 102 valence electrons. The minimum absolute atomic E-state index is 0.0979. The third kappa shape index (κ3) is 2.03. The van der Waals surface area contributed by atoms with E-state index in [0.29, 0.717) is 17.8 Å². The highest BCUT2D eigenvalue weighted by Gasteiger charge is 2.27. The van der Waals surface area contributed by atoms with Gasteiger partial charge in [-0.1, -0.05) is 18.2 Å². The quantitative estimate of drug-likeness (QED) is 0.909. The van der Waals surface area contributed by atoms with Crippen molar-refractivity contribution in [2.45, 2.75) is 6.42 Å². The lowest BCUT2D eigenvalue weighted by atomic mass is 10.1. The van der Waals surface area contributed by atoms with Gasteiger partial charge in [-0.3, -0.25) is 4.79 Å². The van der Waals surface area contributed by atoms with Crippen LogP contribution >= 0.6 is 0 Å². The molecule has 0 atom stereocenters. The topological polar surface area (TPSA) is 32.3 Å². The van der Waals surface area contributed by atoms with E-state index in [0.717, 1.165) is 17.7 Å². The molecule has 1 amide bonds. The van der Waals surface area contributed by atoms with Crippen molar-refractivity contribution in [2.24, 2.45) is 0 Å². The van der Waals surface area contributed by atoms with Crippen LogP contribution in [0.25, 0.3) is 0 Å². The second kappa shape index (κ2) is 4.96. The molecule has 1 aliphatic heterocycles. The Bertz CT molecular complexity index is 669. The summed E-state index contributed by atoms with van der Waals surface area (Å²) in [6.45, 7) is 0.593. The maximum Gasteiger partial charge on any atom is 0.260 e. The van der Waals surface area contributed by atoms with Crippen molar-refractivity contribution in [1.82, 2.24) is 0 Å². The van der Waals surface area contributed by atoms with E-state index in [2.05, 4.69) is 5.32 Å². The van der Waals surface area contributed by atoms with E-state index in [4.69, 9.17) is 0 Å². The molecule has 1 N–H and O–H groups in total. The lowest BCUT2D eigenvalue weighted by Gasteiger charge is -2.19. The molecule has 0 aliphatic carbocycles. The number of amides is 1. The summed E-state index contributed by atoms with van der Waals surface area (Å²) in [7, 11) is 1.78. The summed E-state index contributed by atoms with van der Waals surface area (Å²) in [5, 5.41) is 3.01. The Morgan fingerprint density at radius 3 is 2.85 bits per heavy atom. The van der Waals surface area contributed by atoms with Gasteiger partial charge in [-0.15, -0.1) is 0 Å². The van der Waals surface area contributed by atoms with Crippen molar-refractivity contribution in [3.8, 4) is 0 Å². The van der Waals surface area contributed by atoms with E-state index in [-0.39, 0.29) is 11.7 Å². The van der Waals surface area contributed by atoms with Crippen LogP contribution in [0.3, 0.4) is 0 Å². The predicted octanol–water partition coefficient (Wildman–Crippen LogP) is 3.07. The number of nitrogens with one attached hydrogen (secondary N) is 1. The van der Waals surface area contributed by atoms with Crippen LogP contribution in [-0.4, -0.2) is 19.5 Å². The summed E-state index contributed by atoms with van der Waals surface area (Å²) in [4.78, 5) is 14.3. The van der Waals surface area contributed by atoms with Crippen molar-refractivity contribution in [3.63, 3.8) is 0 Å². The minimum Gasteiger partial charge on any atom is -0.387 e. The molecule has 0 unspecified atom stereocenters. The van der Waals surface area contributed by atoms with E-state index in [1.54, 1.807) is 24.1 Å². The zero-order chi connectivity index (χ0) is 14.1. The number of hydrogen-bond acceptors (Lipinski definition) is 2. The molecule has 20 heavy (non-hydrogen) atoms. The smallest absolute Gasteiger partial charge is 0.260 e. The molecule has 0 bridgehead atoms. The molecule has 4 heteroatoms. The van der Waals surface area contributed by atoms with Crippen LogP contribution in [0, 0.1) is 5.82 Å². The molecule has 0 fully saturated rings. The summed E-state index contributed by atoms with van der Waals surface area (Å²) in [6.07, 6.45) is 0.767. The first-order valence-electron chi connectivity index (χ1n) is 6.58. The van der Waals surface area contributed by atoms with Crippen LogP contribution in [0.15, 0.2) is 42.5 Å². The van der Waals surface area contributed by atoms with Crippen molar-refractivity contribution in [3.05, 3.63) is 59.4 Å². The van der Waals surface area contributed by atoms with Gasteiger partial charge in [0.1, 0.15) is 5.82 Å². The maximum absolute atomic E-state index is 13.4. The van der Waals surface area contributed by atoms with Crippen LogP contribution in [0.5, 0.6) is 0 Å². The molecule has 0 spiro atoms. The van der Waals surface area contributed by atoms with Crippen LogP contribution in [0.2, 0.25) is 0 Å². The maximum atomic E-state index is 13.4. The number of hydrogen-bond donors (Lipinski definition) is 1. The van der Waals surface area contributed by atoms with Gasteiger partial charge in [-0.05, 0) is 36.2 Å². The van der Waals surface area contributed by atoms with Crippen molar-refractivity contribution >= 4 is 17.3 Å². The second-order valence-electron chi connectivity index (χ2n) is 4.78. The van der Waals surface area contributed by atoms with Gasteiger partial charge in [-0.25, -0.2) is 4.39 Å². The highest BCUT2D eigenvalue weighted by molar-refractivity contribution is 6.10. The number of para-hydroxylation sites is 1. The number of carbonyl (C=O) groups is 1. The van der Waals surface area contributed by atoms with Crippen molar-refractivity contribution in [1.29, 1.82) is 0 Å². The standard InChI is InChI=1S/C16H15FN2O/c1-18-14-5-3-2-4-13(14)16(20)19-9-8-11-6-7-12(17)10-15(11)19/h2-7,10,18H,8-9H2,1H3. The van der Waals surface area contributed by atoms with Crippen LogP contribution in [0.1, 0.15) is 15.9 Å². The summed E-state index contributed by atoms with van der Waals surface area (Å²) >= 11 is 0. The molecule has 2 aromatic rings. The molecule has 1 heterocycles. The normalized spacial score (nSPS) is 13.2. The fourth-order valence-electron chi connectivity index (χ4n) is 2.60. The molecule has 0 aromatic heterocycles. The Labute approximate surface area is 117 Å². The highest BCUT2D eigenvalue weighted by Crippen LogP contribution is 2.31. The Morgan fingerprint density at radius 2 is 2.05 bits per heavy atom. The lowest BCUT2D eigenvalue weighted by Crippen LogP contribution is -2.29. The van der Waals surface area contributed by atoms with Crippen LogP contribution in [-0.2, 0) is 6.42 Å². The summed E-state index contributed by atoms with van der Waals surface area (Å²) in [6, 6.07) is 12.0. The molecule has 3 rings (SSSR count). The van der Waals surface area contributed by atoms with Gasteiger partial charge in [0.2, 0.25) is 0 Å². The fourth-order valence-corrected chi connectivity index (χ4v) is 2.60. The third-order valence-corrected chi connectivity index (χ3v) is 3.61. The monoisotopic (exact) mass is 270 g/mol. The summed E-state index contributed by atoms with van der Waals surface area (Å²) < 4.78 is 13.4. The molecule has 0 radical (unpaired) electrons. The molecular formula is C16H15FN2O. The largest absolute Gasteiger partial charge is 0.387 e. The summed E-state index contributed by atoms with van der Waals surface area (Å²) in [5.41, 5.74) is 3.08. The molecule has 3 nitrogen and oxygen atoms in total. The Morgan fingerprint density at radius 1 is 1.25 bits per heavy atom. The van der Waals surface area contributed by atoms with E-state index in [1.165, 1.54) is 12.1 Å². The van der Waals surface area contributed by atoms with Gasteiger partial charge in [0.15, 0.2) is 0 Å². The van der Waals surface area contributed by atoms with Crippen LogP contribution < -0.4 is 10.2 Å². The average Bonchev–Trinajstić information content (AvgIpc) is 2.89. The highest BCUT2D eigenvalue weighted by atomic mass is 19.1. The van der Waals surface area contributed by atoms with Gasteiger partial charge in [0.05, 0.1) is 11.3 Å². The Hall–Kier alpha value is -2.36. The molecule has 0 saturated carbocycles. The second-order valence-corrected chi connectivity index (χ2v) is 4.78. The average molecular weight is 270 g/mol. The van der Waals surface area contributed by atoms with Gasteiger partial charge in [-0.2, -0.15) is 0 Å². The zero-order valence-electron chi connectivity index (χ0n) is 11.2. The lowest BCUT2D eigenvalue weighted by molar-refractivity contribution is 0.0990. The van der Waals surface area contributed by atoms with Gasteiger partial charge >= 0.3 is 0 Å². The van der Waals surface area contributed by atoms with E-state index >= 15 is 0 Å². The van der Waals surface area contributed by atoms with Gasteiger partial charge in [0.25, 0.3) is 5.91 Å². The number of halogens is 1. The third-order valence-electron chi connectivity index (χ3n) is 3.61. The van der Waals surface area contributed by atoms with Crippen molar-refractivity contribution in [2.75, 3.05) is 23.8 Å². The first-order valence-corrected chi connectivity index (χ1v) is 6.58. The summed E-state index contributed by atoms with van der Waals surface area (Å²) in [5.74, 6) is -0.412. The number of fused-ring (bicyclic) bond motifs is 1. The van der Waals surface area contributed by atoms with E-state index in [1.807, 2.05) is 18.2 Å². The number of nitrogens with zero attached hydrogens (tertiary/aromatic N) is 1. The Balaban J connectivity index is 2.00. The van der Waals surface area contributed by atoms with Gasteiger partial charge in [0, 0.05) is 19.3 Å². The van der Waals surface area contributed by atoms with E-state index in [9.17, 15) is 9.18 Å². The number of anilines is 2. The first kappa shape index (κ1) is 12.7. The van der Waals surface area contributed by atoms with Crippen LogP contribution in [0.4, 0.5) is 15.8 Å². The number of carbonyl (C=O) groups excluding carboxylic acids is 1. The molecule has 0 saturated heterocycles. The SMILES string of the molecule is CNc1ccccc1C(=O)N1CCc2ccc(F)cc21. The van der Waals surface area contributed by atoms with Crippen molar-refractivity contribution < 1.29 is 9.18 Å². The molecule has 1 aliphatic rings. The molecule has 2 aromatic carbocycles. The zero-order valence-corrected chi connectivity index (χ0v) is 11.2. The predicted molar refractivity (Wildman–Crippen MR) is 77.8 cm³/mol. The number of rotatable bonds is 2. The number of benzene rings is 2. The minimum atomic E-state index is -0.314.